The molecule has 33 heavy (non-hydrogen) atoms. The van der Waals surface area contributed by atoms with Crippen LogP contribution in [0.4, 0.5) is 0 Å². The molecule has 0 aromatic heterocycles. The highest BCUT2D eigenvalue weighted by Crippen LogP contribution is 2.38. The zero-order chi connectivity index (χ0) is 22.6. The highest BCUT2D eigenvalue weighted by molar-refractivity contribution is 5.80. The summed E-state index contributed by atoms with van der Waals surface area (Å²) in [6, 6.07) is 31.1. The predicted octanol–water partition coefficient (Wildman–Crippen LogP) is 8.39. The fraction of sp³-hybridized carbons (Fsp3) is 0.152. The standard InChI is InChI=1S/C33H30/c1-24-9-3-5-13-28(24)15-7-11-26-17-19-30-23-31-20-18-27(22-33(31)32(30)21-26)12-8-16-29-14-6-4-10-25(29)2/h3-14,17-22H,15-16,23H2,1-2H3. The third kappa shape index (κ3) is 4.76. The molecule has 0 bridgehead atoms. The first-order valence-corrected chi connectivity index (χ1v) is 11.9. The van der Waals surface area contributed by atoms with Gasteiger partial charge in [0.2, 0.25) is 0 Å². The molecule has 0 amide bonds. The average molecular weight is 427 g/mol. The molecule has 0 spiro atoms. The maximum absolute atomic E-state index is 2.36. The topological polar surface area (TPSA) is 0 Å². The Kier molecular flexibility index (Phi) is 6.09. The Morgan fingerprint density at radius 3 is 1.48 bits per heavy atom. The van der Waals surface area contributed by atoms with Crippen LogP contribution in [0.25, 0.3) is 23.3 Å². The molecule has 0 aliphatic heterocycles. The highest BCUT2D eigenvalue weighted by atomic mass is 14.2. The average Bonchev–Trinajstić information content (AvgIpc) is 3.19. The van der Waals surface area contributed by atoms with E-state index in [2.05, 4.69) is 123 Å². The predicted molar refractivity (Wildman–Crippen MR) is 143 cm³/mol. The van der Waals surface area contributed by atoms with Gasteiger partial charge in [0.05, 0.1) is 0 Å². The summed E-state index contributed by atoms with van der Waals surface area (Å²) < 4.78 is 0. The van der Waals surface area contributed by atoms with Crippen molar-refractivity contribution in [2.24, 2.45) is 0 Å². The molecule has 0 saturated heterocycles. The number of aryl methyl sites for hydroxylation is 2. The van der Waals surface area contributed by atoms with E-state index in [-0.39, 0.29) is 0 Å². The number of allylic oxidation sites excluding steroid dienone is 2. The van der Waals surface area contributed by atoms with Gasteiger partial charge in [0.25, 0.3) is 0 Å². The lowest BCUT2D eigenvalue weighted by atomic mass is 9.99. The molecule has 0 radical (unpaired) electrons. The lowest BCUT2D eigenvalue weighted by molar-refractivity contribution is 1.22. The molecule has 1 aliphatic rings. The molecular formula is C33H30. The number of rotatable bonds is 6. The SMILES string of the molecule is Cc1ccccc1CC=Cc1ccc2c(c1)-c1cc(C=CCc3ccccc3C)ccc1C2. The minimum Gasteiger partial charge on any atom is -0.0795 e. The monoisotopic (exact) mass is 426 g/mol. The molecule has 0 fully saturated rings. The van der Waals surface area contributed by atoms with Gasteiger partial charge >= 0.3 is 0 Å². The van der Waals surface area contributed by atoms with Crippen LogP contribution in [0.2, 0.25) is 0 Å². The van der Waals surface area contributed by atoms with E-state index in [1.807, 2.05) is 0 Å². The molecular weight excluding hydrogens is 396 g/mol. The van der Waals surface area contributed by atoms with Gasteiger partial charge < -0.3 is 0 Å². The van der Waals surface area contributed by atoms with E-state index >= 15 is 0 Å². The zero-order valence-corrected chi connectivity index (χ0v) is 19.5. The minimum absolute atomic E-state index is 0.968. The zero-order valence-electron chi connectivity index (χ0n) is 19.5. The van der Waals surface area contributed by atoms with Crippen LogP contribution in [0.15, 0.2) is 97.1 Å². The first-order valence-electron chi connectivity index (χ1n) is 11.9. The molecule has 162 valence electrons. The summed E-state index contributed by atoms with van der Waals surface area (Å²) in [6.07, 6.45) is 12.1. The van der Waals surface area contributed by atoms with Crippen LogP contribution < -0.4 is 0 Å². The molecule has 0 nitrogen and oxygen atoms in total. The van der Waals surface area contributed by atoms with Gasteiger partial charge in [-0.1, -0.05) is 97.1 Å². The maximum atomic E-state index is 2.36. The Labute approximate surface area is 198 Å². The Bertz CT molecular complexity index is 1250. The summed E-state index contributed by atoms with van der Waals surface area (Å²) in [4.78, 5) is 0. The van der Waals surface area contributed by atoms with Gasteiger partial charge in [0.15, 0.2) is 0 Å². The Morgan fingerprint density at radius 2 is 1.03 bits per heavy atom. The second-order valence-electron chi connectivity index (χ2n) is 9.08. The van der Waals surface area contributed by atoms with Crippen molar-refractivity contribution >= 4 is 12.2 Å². The van der Waals surface area contributed by atoms with Gasteiger partial charge in [-0.25, -0.2) is 0 Å². The van der Waals surface area contributed by atoms with Crippen LogP contribution in [0, 0.1) is 13.8 Å². The molecule has 0 unspecified atom stereocenters. The Hall–Kier alpha value is -3.64. The highest BCUT2D eigenvalue weighted by Gasteiger charge is 2.18. The Balaban J connectivity index is 1.34. The van der Waals surface area contributed by atoms with Gasteiger partial charge in [-0.05, 0) is 101 Å². The summed E-state index contributed by atoms with van der Waals surface area (Å²) in [5, 5.41) is 0. The van der Waals surface area contributed by atoms with Crippen molar-refractivity contribution in [3.8, 4) is 11.1 Å². The second-order valence-corrected chi connectivity index (χ2v) is 9.08. The van der Waals surface area contributed by atoms with Crippen molar-refractivity contribution in [2.45, 2.75) is 33.1 Å². The van der Waals surface area contributed by atoms with Gasteiger partial charge in [0.1, 0.15) is 0 Å². The van der Waals surface area contributed by atoms with Crippen LogP contribution >= 0.6 is 0 Å². The summed E-state index contributed by atoms with van der Waals surface area (Å²) in [7, 11) is 0. The lowest BCUT2D eigenvalue weighted by Crippen LogP contribution is -1.86. The molecule has 0 heterocycles. The van der Waals surface area contributed by atoms with E-state index in [0.29, 0.717) is 0 Å². The summed E-state index contributed by atoms with van der Waals surface area (Å²) in [6.45, 7) is 4.37. The molecule has 1 aliphatic carbocycles. The van der Waals surface area contributed by atoms with Crippen molar-refractivity contribution < 1.29 is 0 Å². The fourth-order valence-electron chi connectivity index (χ4n) is 4.73. The number of benzene rings is 4. The van der Waals surface area contributed by atoms with Crippen molar-refractivity contribution in [2.75, 3.05) is 0 Å². The smallest absolute Gasteiger partial charge is 0.00134 e. The fourth-order valence-corrected chi connectivity index (χ4v) is 4.73. The molecule has 0 atom stereocenters. The normalized spacial score (nSPS) is 12.4. The Morgan fingerprint density at radius 1 is 0.576 bits per heavy atom. The number of hydrogen-bond donors (Lipinski definition) is 0. The van der Waals surface area contributed by atoms with Gasteiger partial charge in [-0.3, -0.25) is 0 Å². The quantitative estimate of drug-likeness (QED) is 0.256. The first kappa shape index (κ1) is 21.2. The molecule has 4 aromatic rings. The van der Waals surface area contributed by atoms with Gasteiger partial charge in [0, 0.05) is 0 Å². The summed E-state index contributed by atoms with van der Waals surface area (Å²) >= 11 is 0. The van der Waals surface area contributed by atoms with Crippen LogP contribution in [-0.4, -0.2) is 0 Å². The number of fused-ring (bicyclic) bond motifs is 3. The van der Waals surface area contributed by atoms with E-state index in [0.717, 1.165) is 19.3 Å². The van der Waals surface area contributed by atoms with E-state index in [1.54, 1.807) is 0 Å². The van der Waals surface area contributed by atoms with Gasteiger partial charge in [-0.2, -0.15) is 0 Å². The molecule has 0 N–H and O–H groups in total. The molecule has 5 rings (SSSR count). The van der Waals surface area contributed by atoms with E-state index in [9.17, 15) is 0 Å². The first-order chi connectivity index (χ1) is 16.2. The van der Waals surface area contributed by atoms with Crippen LogP contribution in [0.5, 0.6) is 0 Å². The van der Waals surface area contributed by atoms with Crippen molar-refractivity contribution in [1.82, 2.24) is 0 Å². The third-order valence-electron chi connectivity index (χ3n) is 6.76. The summed E-state index contributed by atoms with van der Waals surface area (Å²) in [5.41, 5.74) is 13.7. The van der Waals surface area contributed by atoms with Crippen molar-refractivity contribution in [1.29, 1.82) is 0 Å². The molecule has 0 saturated carbocycles. The molecule has 0 heteroatoms. The van der Waals surface area contributed by atoms with E-state index < -0.39 is 0 Å². The van der Waals surface area contributed by atoms with Crippen LogP contribution in [0.1, 0.15) is 44.5 Å². The van der Waals surface area contributed by atoms with Crippen molar-refractivity contribution in [3.63, 3.8) is 0 Å². The van der Waals surface area contributed by atoms with Gasteiger partial charge in [-0.15, -0.1) is 0 Å². The molecule has 4 aromatic carbocycles. The lowest BCUT2D eigenvalue weighted by Gasteiger charge is -2.05. The third-order valence-corrected chi connectivity index (χ3v) is 6.76. The number of hydrogen-bond acceptors (Lipinski definition) is 0. The van der Waals surface area contributed by atoms with Crippen molar-refractivity contribution in [3.05, 3.63) is 142 Å². The van der Waals surface area contributed by atoms with E-state index in [4.69, 9.17) is 0 Å². The van der Waals surface area contributed by atoms with Crippen LogP contribution in [-0.2, 0) is 19.3 Å². The second kappa shape index (κ2) is 9.46. The van der Waals surface area contributed by atoms with Crippen LogP contribution in [0.3, 0.4) is 0 Å². The largest absolute Gasteiger partial charge is 0.0795 e. The maximum Gasteiger partial charge on any atom is -0.00134 e. The summed E-state index contributed by atoms with van der Waals surface area (Å²) in [5.74, 6) is 0. The van der Waals surface area contributed by atoms with E-state index in [1.165, 1.54) is 55.6 Å². The minimum atomic E-state index is 0.968.